The molecule has 9 heteroatoms. The third kappa shape index (κ3) is 5.05. The Labute approximate surface area is 182 Å². The van der Waals surface area contributed by atoms with Gasteiger partial charge in [-0.05, 0) is 68.4 Å². The Morgan fingerprint density at radius 3 is 2.23 bits per heavy atom. The summed E-state index contributed by atoms with van der Waals surface area (Å²) >= 11 is 2.97. The number of thiophene rings is 1. The molecular formula is C21H20N6OS2. The van der Waals surface area contributed by atoms with E-state index in [1.54, 1.807) is 0 Å². The molecule has 0 amide bonds. The first kappa shape index (κ1) is 20.1. The topological polar surface area (TPSA) is 83.6 Å². The van der Waals surface area contributed by atoms with Crippen molar-refractivity contribution in [3.63, 3.8) is 0 Å². The van der Waals surface area contributed by atoms with Crippen LogP contribution in [0.15, 0.2) is 75.1 Å². The number of hydrogen-bond acceptors (Lipinski definition) is 9. The molecule has 0 radical (unpaired) electrons. The van der Waals surface area contributed by atoms with E-state index in [1.807, 2.05) is 61.5 Å². The van der Waals surface area contributed by atoms with E-state index in [0.29, 0.717) is 11.7 Å². The summed E-state index contributed by atoms with van der Waals surface area (Å²) in [4.78, 5) is 5.41. The van der Waals surface area contributed by atoms with Crippen LogP contribution >= 0.6 is 22.7 Å². The lowest BCUT2D eigenvalue weighted by molar-refractivity contribution is 0.340. The van der Waals surface area contributed by atoms with Crippen LogP contribution in [-0.2, 0) is 0 Å². The van der Waals surface area contributed by atoms with Crippen LogP contribution in [0.4, 0.5) is 27.2 Å². The molecule has 2 aromatic carbocycles. The standard InChI is InChI=1S/C21H20N6OS2/c1-3-22-14-5-7-15(8-6-14)25-27-21-23-20-18(29-21)13-19(30-20)26-24-16-9-11-17(12-10-16)28-4-2/h5-13,22H,3-4H2,1-2H3. The number of thiazole rings is 1. The molecule has 7 nitrogen and oxygen atoms in total. The molecular weight excluding hydrogens is 416 g/mol. The van der Waals surface area contributed by atoms with Gasteiger partial charge in [0.05, 0.1) is 22.7 Å². The molecule has 0 fully saturated rings. The summed E-state index contributed by atoms with van der Waals surface area (Å²) < 4.78 is 6.46. The Bertz CT molecular complexity index is 1040. The molecule has 0 aliphatic carbocycles. The first-order chi connectivity index (χ1) is 14.7. The van der Waals surface area contributed by atoms with E-state index in [2.05, 4.69) is 37.7 Å². The number of aromatic nitrogens is 1. The van der Waals surface area contributed by atoms with Gasteiger partial charge in [-0.3, -0.25) is 0 Å². The molecule has 0 unspecified atom stereocenters. The number of nitrogens with zero attached hydrogens (tertiary/aromatic N) is 5. The van der Waals surface area contributed by atoms with E-state index in [-0.39, 0.29) is 0 Å². The number of benzene rings is 2. The normalized spacial score (nSPS) is 11.7. The minimum atomic E-state index is 0.627. The fraction of sp³-hybridized carbons (Fsp3) is 0.190. The van der Waals surface area contributed by atoms with Crippen molar-refractivity contribution in [1.82, 2.24) is 4.98 Å². The Kier molecular flexibility index (Phi) is 6.41. The highest BCUT2D eigenvalue weighted by Gasteiger charge is 2.08. The molecule has 0 aliphatic heterocycles. The predicted molar refractivity (Wildman–Crippen MR) is 124 cm³/mol. The van der Waals surface area contributed by atoms with Gasteiger partial charge >= 0.3 is 0 Å². The molecule has 0 aliphatic rings. The fourth-order valence-corrected chi connectivity index (χ4v) is 4.49. The van der Waals surface area contributed by atoms with Crippen molar-refractivity contribution in [2.75, 3.05) is 18.5 Å². The Morgan fingerprint density at radius 2 is 1.57 bits per heavy atom. The van der Waals surface area contributed by atoms with Gasteiger partial charge in [0.25, 0.3) is 0 Å². The van der Waals surface area contributed by atoms with Gasteiger partial charge in [-0.2, -0.15) is 0 Å². The lowest BCUT2D eigenvalue weighted by Gasteiger charge is -2.01. The van der Waals surface area contributed by atoms with Crippen LogP contribution in [0, 0.1) is 0 Å². The maximum atomic E-state index is 5.43. The third-order valence-electron chi connectivity index (χ3n) is 3.98. The number of nitrogens with one attached hydrogen (secondary N) is 1. The highest BCUT2D eigenvalue weighted by molar-refractivity contribution is 7.30. The zero-order valence-corrected chi connectivity index (χ0v) is 18.2. The number of fused-ring (bicyclic) bond motifs is 1. The van der Waals surface area contributed by atoms with Crippen molar-refractivity contribution >= 4 is 59.4 Å². The number of azo groups is 2. The van der Waals surface area contributed by atoms with Gasteiger partial charge in [-0.25, -0.2) is 4.98 Å². The van der Waals surface area contributed by atoms with Crippen molar-refractivity contribution < 1.29 is 4.74 Å². The molecule has 2 heterocycles. The SMILES string of the molecule is CCNc1ccc(N=Nc2nc3sc(N=Nc4ccc(OCC)cc4)cc3s2)cc1. The molecule has 0 spiro atoms. The molecule has 0 saturated heterocycles. The lowest BCUT2D eigenvalue weighted by Crippen LogP contribution is -1.94. The Hall–Kier alpha value is -3.17. The summed E-state index contributed by atoms with van der Waals surface area (Å²) in [5, 5.41) is 21.8. The van der Waals surface area contributed by atoms with Crippen LogP contribution in [0.1, 0.15) is 13.8 Å². The third-order valence-corrected chi connectivity index (χ3v) is 5.91. The second-order valence-corrected chi connectivity index (χ2v) is 8.17. The van der Waals surface area contributed by atoms with Gasteiger partial charge in [0.15, 0.2) is 0 Å². The van der Waals surface area contributed by atoms with E-state index in [9.17, 15) is 0 Å². The first-order valence-electron chi connectivity index (χ1n) is 9.54. The number of rotatable bonds is 8. The van der Waals surface area contributed by atoms with Gasteiger partial charge in [0, 0.05) is 12.2 Å². The van der Waals surface area contributed by atoms with Crippen molar-refractivity contribution in [3.05, 3.63) is 54.6 Å². The van der Waals surface area contributed by atoms with Crippen molar-refractivity contribution in [3.8, 4) is 5.75 Å². The zero-order valence-electron chi connectivity index (χ0n) is 16.6. The highest BCUT2D eigenvalue weighted by atomic mass is 32.1. The predicted octanol–water partition coefficient (Wildman–Crippen LogP) is 8.02. The average Bonchev–Trinajstić information content (AvgIpc) is 3.32. The molecule has 30 heavy (non-hydrogen) atoms. The highest BCUT2D eigenvalue weighted by Crippen LogP contribution is 2.39. The van der Waals surface area contributed by atoms with E-state index in [0.717, 1.165) is 43.9 Å². The van der Waals surface area contributed by atoms with Gasteiger partial charge in [-0.15, -0.1) is 20.5 Å². The van der Waals surface area contributed by atoms with Crippen LogP contribution in [-0.4, -0.2) is 18.1 Å². The minimum absolute atomic E-state index is 0.627. The quantitative estimate of drug-likeness (QED) is 0.284. The van der Waals surface area contributed by atoms with E-state index < -0.39 is 0 Å². The molecule has 0 saturated carbocycles. The molecule has 2 aromatic heterocycles. The van der Waals surface area contributed by atoms with Gasteiger partial charge in [0.2, 0.25) is 5.13 Å². The van der Waals surface area contributed by atoms with Crippen molar-refractivity contribution in [2.45, 2.75) is 13.8 Å². The maximum absolute atomic E-state index is 5.43. The zero-order chi connectivity index (χ0) is 20.8. The molecule has 0 atom stereocenters. The number of ether oxygens (including phenoxy) is 1. The van der Waals surface area contributed by atoms with E-state index in [1.165, 1.54) is 22.7 Å². The summed E-state index contributed by atoms with van der Waals surface area (Å²) in [6, 6.07) is 17.3. The smallest absolute Gasteiger partial charge is 0.231 e. The van der Waals surface area contributed by atoms with Crippen LogP contribution < -0.4 is 10.1 Å². The van der Waals surface area contributed by atoms with E-state index >= 15 is 0 Å². The molecule has 4 rings (SSSR count). The van der Waals surface area contributed by atoms with Gasteiger partial charge < -0.3 is 10.1 Å². The maximum Gasteiger partial charge on any atom is 0.231 e. The van der Waals surface area contributed by atoms with Crippen LogP contribution in [0.5, 0.6) is 5.75 Å². The van der Waals surface area contributed by atoms with Crippen molar-refractivity contribution in [2.24, 2.45) is 20.5 Å². The van der Waals surface area contributed by atoms with Crippen molar-refractivity contribution in [1.29, 1.82) is 0 Å². The minimum Gasteiger partial charge on any atom is -0.494 e. The molecule has 152 valence electrons. The largest absolute Gasteiger partial charge is 0.494 e. The number of anilines is 1. The van der Waals surface area contributed by atoms with Gasteiger partial charge in [-0.1, -0.05) is 22.7 Å². The van der Waals surface area contributed by atoms with Crippen LogP contribution in [0.25, 0.3) is 9.53 Å². The second-order valence-electron chi connectivity index (χ2n) is 6.15. The fourth-order valence-electron chi connectivity index (χ4n) is 2.64. The average molecular weight is 437 g/mol. The molecule has 0 bridgehead atoms. The summed E-state index contributed by atoms with van der Waals surface area (Å²) in [5.41, 5.74) is 2.64. The van der Waals surface area contributed by atoms with E-state index in [4.69, 9.17) is 4.74 Å². The lowest BCUT2D eigenvalue weighted by atomic mass is 10.3. The summed E-state index contributed by atoms with van der Waals surface area (Å²) in [6.07, 6.45) is 0. The summed E-state index contributed by atoms with van der Waals surface area (Å²) in [5.74, 6) is 0.826. The van der Waals surface area contributed by atoms with Crippen LogP contribution in [0.2, 0.25) is 0 Å². The number of hydrogen-bond donors (Lipinski definition) is 1. The summed E-state index contributed by atoms with van der Waals surface area (Å²) in [7, 11) is 0. The second kappa shape index (κ2) is 9.55. The monoisotopic (exact) mass is 436 g/mol. The van der Waals surface area contributed by atoms with Gasteiger partial charge in [0.1, 0.15) is 15.6 Å². The first-order valence-corrected chi connectivity index (χ1v) is 11.2. The molecule has 1 N–H and O–H groups in total. The molecule has 4 aromatic rings. The van der Waals surface area contributed by atoms with Crippen LogP contribution in [0.3, 0.4) is 0 Å². The summed E-state index contributed by atoms with van der Waals surface area (Å²) in [6.45, 7) is 5.55. The Balaban J connectivity index is 1.42. The Morgan fingerprint density at radius 1 is 0.867 bits per heavy atom.